The van der Waals surface area contributed by atoms with Gasteiger partial charge in [0, 0.05) is 87.1 Å². The summed E-state index contributed by atoms with van der Waals surface area (Å²) in [4.78, 5) is 182. The molecular formula is C79H117N9O26. The lowest BCUT2D eigenvalue weighted by atomic mass is 9.89. The van der Waals surface area contributed by atoms with Crippen LogP contribution in [0.5, 0.6) is 5.75 Å². The fraction of sp³-hybridized carbons (Fsp3) is 0.633. The molecule has 3 aliphatic heterocycles. The highest BCUT2D eigenvalue weighted by Gasteiger charge is 2.56. The van der Waals surface area contributed by atoms with Crippen molar-refractivity contribution < 1.29 is 125 Å². The van der Waals surface area contributed by atoms with Crippen LogP contribution in [-0.2, 0) is 113 Å². The average Bonchev–Trinajstić information content (AvgIpc) is 0.943. The van der Waals surface area contributed by atoms with Crippen molar-refractivity contribution in [3.05, 3.63) is 90.5 Å². The molecule has 0 aliphatic carbocycles. The number of rotatable bonds is 44. The van der Waals surface area contributed by atoms with Crippen LogP contribution in [0, 0.1) is 23.7 Å². The third-order valence-corrected chi connectivity index (χ3v) is 20.0. The zero-order chi connectivity index (χ0) is 84.8. The van der Waals surface area contributed by atoms with Gasteiger partial charge in [0.25, 0.3) is 0 Å². The number of hydrogen-bond donors (Lipinski definition) is 7. The number of amides is 9. The van der Waals surface area contributed by atoms with E-state index in [2.05, 4.69) is 39.7 Å². The van der Waals surface area contributed by atoms with Crippen molar-refractivity contribution in [3.8, 4) is 5.75 Å². The lowest BCUT2D eigenvalue weighted by Gasteiger charge is -2.49. The van der Waals surface area contributed by atoms with E-state index >= 15 is 4.79 Å². The number of carbonyl (C=O) groups is 13. The van der Waals surface area contributed by atoms with Gasteiger partial charge in [-0.3, -0.25) is 52.8 Å². The minimum absolute atomic E-state index is 0.0286. The first-order valence-corrected chi connectivity index (χ1v) is 38.2. The Bertz CT molecular complexity index is 3620. The van der Waals surface area contributed by atoms with E-state index in [4.69, 9.17) is 52.1 Å². The molecule has 5 rings (SSSR count). The van der Waals surface area contributed by atoms with Crippen molar-refractivity contribution in [2.24, 2.45) is 23.7 Å². The summed E-state index contributed by atoms with van der Waals surface area (Å²) in [6.07, 6.45) is -9.73. The molecule has 0 aromatic heterocycles. The van der Waals surface area contributed by atoms with Crippen LogP contribution in [-0.4, -0.2) is 273 Å². The second-order valence-electron chi connectivity index (χ2n) is 29.3. The number of alkyl carbamates (subject to hydrolysis) is 1. The zero-order valence-corrected chi connectivity index (χ0v) is 68.0. The molecular weight excluding hydrogens is 1490 g/mol. The summed E-state index contributed by atoms with van der Waals surface area (Å²) in [5.74, 6) is -9.79. The number of benzene rings is 2. The number of nitrogens with one attached hydrogen (secondary N) is 5. The number of hydrogen-bond acceptors (Lipinski definition) is 26. The number of ether oxygens (including phenoxy) is 11. The summed E-state index contributed by atoms with van der Waals surface area (Å²) >= 11 is 0. The van der Waals surface area contributed by atoms with Crippen molar-refractivity contribution in [3.63, 3.8) is 0 Å². The third-order valence-electron chi connectivity index (χ3n) is 20.0. The molecule has 7 N–H and O–H groups in total. The Morgan fingerprint density at radius 3 is 1.96 bits per heavy atom. The van der Waals surface area contributed by atoms with Crippen molar-refractivity contribution in [1.82, 2.24) is 46.2 Å². The van der Waals surface area contributed by atoms with Gasteiger partial charge >= 0.3 is 36.1 Å². The molecule has 35 nitrogen and oxygen atoms in total. The number of likely N-dealkylation sites (tertiary alicyclic amines) is 2. The molecule has 9 amide bonds. The number of carbonyl (C=O) groups excluding carboxylic acids is 13. The number of aliphatic hydroxyl groups is 2. The SMILES string of the molecule is C=CCOC(=O)NCC1(OCC(=O)NCCC(=O)NCc2cc(COC(=O)N(C)[C@H](C(=O)N[C@H](C(=O)N(C)[C@@H]([C@@H](C)CC)[C@@H](CC(=O)N3CCC[C@H]3[C@H](OC)[C@@H](C)C(=O)N[C@H](C)[C@@H](O)c3ccccc3)OC)C(C)C)C(C)C)ccc2O[C@@H]2O[C@H](C(=O)OCC=C)[C@@H](OC(C)=O)[C@H](OC(C)=O)[C@H]2OC(C)=O)CN(C(=O)CCO)C1. The minimum Gasteiger partial charge on any atom is -0.460 e. The Kier molecular flexibility index (Phi) is 38.2. The fourth-order valence-electron chi connectivity index (χ4n) is 13.9. The largest absolute Gasteiger partial charge is 0.460 e. The maximum absolute atomic E-state index is 15.0. The van der Waals surface area contributed by atoms with Crippen molar-refractivity contribution in [2.75, 3.05) is 87.5 Å². The van der Waals surface area contributed by atoms with Crippen LogP contribution >= 0.6 is 0 Å². The molecule has 2 aromatic carbocycles. The summed E-state index contributed by atoms with van der Waals surface area (Å²) in [6, 6.07) is 8.94. The van der Waals surface area contributed by atoms with Gasteiger partial charge in [-0.25, -0.2) is 14.4 Å². The molecule has 3 heterocycles. The minimum atomic E-state index is -1.90. The van der Waals surface area contributed by atoms with Crippen molar-refractivity contribution in [2.45, 2.75) is 213 Å². The number of methoxy groups -OCH3 is 2. The smallest absolute Gasteiger partial charge is 0.410 e. The van der Waals surface area contributed by atoms with Crippen LogP contribution in [0.4, 0.5) is 9.59 Å². The van der Waals surface area contributed by atoms with Crippen molar-refractivity contribution in [1.29, 1.82) is 0 Å². The Morgan fingerprint density at radius 1 is 0.728 bits per heavy atom. The Balaban J connectivity index is 1.36. The third kappa shape index (κ3) is 27.2. The van der Waals surface area contributed by atoms with Gasteiger partial charge in [-0.05, 0) is 60.8 Å². The number of nitrogens with zero attached hydrogens (tertiary/aromatic N) is 4. The molecule has 114 heavy (non-hydrogen) atoms. The summed E-state index contributed by atoms with van der Waals surface area (Å²) in [7, 11) is 5.89. The fourth-order valence-corrected chi connectivity index (χ4v) is 13.9. The molecule has 0 spiro atoms. The highest BCUT2D eigenvalue weighted by molar-refractivity contribution is 5.92. The van der Waals surface area contributed by atoms with E-state index < -0.39 is 189 Å². The molecule has 3 saturated heterocycles. The van der Waals surface area contributed by atoms with Crippen LogP contribution in [0.25, 0.3) is 0 Å². The molecule has 0 saturated carbocycles. The van der Waals surface area contributed by atoms with Gasteiger partial charge in [0.2, 0.25) is 53.7 Å². The van der Waals surface area contributed by atoms with Crippen LogP contribution in [0.2, 0.25) is 0 Å². The zero-order valence-electron chi connectivity index (χ0n) is 68.0. The van der Waals surface area contributed by atoms with E-state index in [9.17, 15) is 67.7 Å². The topological polar surface area (TPSA) is 437 Å². The molecule has 35 heteroatoms. The maximum Gasteiger partial charge on any atom is 0.410 e. The van der Waals surface area contributed by atoms with E-state index in [0.29, 0.717) is 31.4 Å². The van der Waals surface area contributed by atoms with Gasteiger partial charge in [-0.15, -0.1) is 0 Å². The first-order valence-electron chi connectivity index (χ1n) is 38.2. The van der Waals surface area contributed by atoms with Gasteiger partial charge < -0.3 is 104 Å². The molecule has 634 valence electrons. The predicted octanol–water partition coefficient (Wildman–Crippen LogP) is 3.22. The summed E-state index contributed by atoms with van der Waals surface area (Å²) in [6.45, 7) is 21.9. The van der Waals surface area contributed by atoms with E-state index in [0.717, 1.165) is 25.7 Å². The number of aliphatic hydroxyl groups excluding tert-OH is 2. The molecule has 15 atom stereocenters. The van der Waals surface area contributed by atoms with E-state index in [1.165, 1.54) is 61.4 Å². The van der Waals surface area contributed by atoms with Crippen LogP contribution in [0.3, 0.4) is 0 Å². The summed E-state index contributed by atoms with van der Waals surface area (Å²) in [5, 5.41) is 34.0. The van der Waals surface area contributed by atoms with E-state index in [1.54, 1.807) is 77.8 Å². The van der Waals surface area contributed by atoms with Gasteiger partial charge in [0.05, 0.1) is 75.0 Å². The summed E-state index contributed by atoms with van der Waals surface area (Å²) < 4.78 is 63.2. The Labute approximate surface area is 665 Å². The van der Waals surface area contributed by atoms with Crippen LogP contribution in [0.1, 0.15) is 137 Å². The van der Waals surface area contributed by atoms with Crippen molar-refractivity contribution >= 4 is 77.4 Å². The molecule has 0 unspecified atom stereocenters. The monoisotopic (exact) mass is 1610 g/mol. The molecule has 3 aliphatic rings. The summed E-state index contributed by atoms with van der Waals surface area (Å²) in [5.41, 5.74) is -0.207. The molecule has 0 radical (unpaired) electrons. The van der Waals surface area contributed by atoms with Crippen LogP contribution in [0.15, 0.2) is 73.8 Å². The normalized spacial score (nSPS) is 20.0. The highest BCUT2D eigenvalue weighted by atomic mass is 16.7. The highest BCUT2D eigenvalue weighted by Crippen LogP contribution is 2.35. The lowest BCUT2D eigenvalue weighted by molar-refractivity contribution is -0.282. The Morgan fingerprint density at radius 2 is 1.37 bits per heavy atom. The Hall–Kier alpha value is -9.81. The van der Waals surface area contributed by atoms with E-state index in [1.807, 2.05) is 19.9 Å². The molecule has 0 bridgehead atoms. The molecule has 2 aromatic rings. The first kappa shape index (κ1) is 94.8. The van der Waals surface area contributed by atoms with Crippen LogP contribution < -0.4 is 31.3 Å². The number of esters is 4. The van der Waals surface area contributed by atoms with Gasteiger partial charge in [-0.1, -0.05) is 117 Å². The maximum atomic E-state index is 15.0. The average molecular weight is 1610 g/mol. The first-order chi connectivity index (χ1) is 54.0. The quantitative estimate of drug-likeness (QED) is 0.0284. The second kappa shape index (κ2) is 45.9. The van der Waals surface area contributed by atoms with E-state index in [-0.39, 0.29) is 99.2 Å². The van der Waals surface area contributed by atoms with Gasteiger partial charge in [0.15, 0.2) is 18.3 Å². The molecule has 3 fully saturated rings. The number of likely N-dealkylation sites (N-methyl/N-ethyl adjacent to an activating group) is 2. The van der Waals surface area contributed by atoms with Gasteiger partial charge in [0.1, 0.15) is 49.9 Å². The standard InChI is InChI=1S/C79H117N9O26/c1-18-35-106-75(101)70-68(110-50(11)90)69(111-51(12)91)71(112-52(13)92)76(114-70)113-57-29-28-53(37-55(57)39-81-59(93)30-32-80-60(94)41-109-79(42-82-77(102)107-36-19-2)43-87(44-79)61(95)31-34-89)40-108-78(103)86(15)64(46(6)7)73(99)84-63(45(4)5)74(100)85(14)65(47(8)20-3)58(104-16)38-62(96)88-33-24-27-56(88)67(105-17)48(9)72(98)83-49(10)66(97)54-25-22-21-23-26-54/h18-19,21-23,25-26,28-29,37,45-49,56,58,63-71,76,89,97H,1-2,20,24,27,30-36,38-44H2,3-17H3,(H,80,94)(H,81,93)(H,82,102)(H,83,98)(H,84,99)/t47-,48+,49+,56-,58+,63-,64-,65-,66+,67+,68-,69-,70-,71+,76+/m0/s1. The predicted molar refractivity (Wildman–Crippen MR) is 408 cm³/mol. The van der Waals surface area contributed by atoms with Gasteiger partial charge in [-0.2, -0.15) is 0 Å². The second-order valence-corrected chi connectivity index (χ2v) is 29.3. The lowest BCUT2D eigenvalue weighted by Crippen LogP contribution is -2.69.